The molecule has 0 atom stereocenters. The Morgan fingerprint density at radius 3 is 2.93 bits per heavy atom. The number of nitrogens with zero attached hydrogens (tertiary/aromatic N) is 1. The molecule has 4 heteroatoms. The van der Waals surface area contributed by atoms with Gasteiger partial charge in [-0.05, 0) is 18.6 Å². The van der Waals surface area contributed by atoms with Crippen LogP contribution in [0.1, 0.15) is 23.2 Å². The van der Waals surface area contributed by atoms with Gasteiger partial charge in [0, 0.05) is 18.8 Å². The van der Waals surface area contributed by atoms with Crippen molar-refractivity contribution in [3.8, 4) is 0 Å². The Kier molecular flexibility index (Phi) is 4.22. The van der Waals surface area contributed by atoms with Gasteiger partial charge in [0.15, 0.2) is 0 Å². The molecule has 0 N–H and O–H groups in total. The third kappa shape index (κ3) is 3.72. The summed E-state index contributed by atoms with van der Waals surface area (Å²) in [4.78, 5) is 26.1. The summed E-state index contributed by atoms with van der Waals surface area (Å²) in [5.41, 5.74) is 0.268. The van der Waals surface area contributed by atoms with Crippen LogP contribution in [0.2, 0.25) is 0 Å². The molecule has 1 rings (SSSR count). The van der Waals surface area contributed by atoms with Gasteiger partial charge in [-0.3, -0.25) is 9.78 Å². The highest BCUT2D eigenvalue weighted by molar-refractivity contribution is 5.96. The van der Waals surface area contributed by atoms with Gasteiger partial charge in [0.2, 0.25) is 0 Å². The predicted octanol–water partition coefficient (Wildman–Crippen LogP) is 1.73. The van der Waals surface area contributed by atoms with E-state index in [1.54, 1.807) is 12.1 Å². The van der Waals surface area contributed by atoms with Gasteiger partial charge >= 0.3 is 11.9 Å². The molecule has 0 unspecified atom stereocenters. The second-order valence-electron chi connectivity index (χ2n) is 2.83. The SMILES string of the molecule is C=CCCC(=O)OC(=O)c1cccnc1. The molecule has 0 aliphatic heterocycles. The summed E-state index contributed by atoms with van der Waals surface area (Å²) in [5.74, 6) is -1.22. The maximum absolute atomic E-state index is 11.3. The Morgan fingerprint density at radius 1 is 1.53 bits per heavy atom. The zero-order valence-electron chi connectivity index (χ0n) is 8.18. The summed E-state index contributed by atoms with van der Waals surface area (Å²) >= 11 is 0. The number of carbonyl (C=O) groups is 2. The topological polar surface area (TPSA) is 56.3 Å². The van der Waals surface area contributed by atoms with Crippen molar-refractivity contribution in [1.82, 2.24) is 4.98 Å². The van der Waals surface area contributed by atoms with Gasteiger partial charge in [-0.25, -0.2) is 4.79 Å². The molecule has 1 heterocycles. The van der Waals surface area contributed by atoms with E-state index in [9.17, 15) is 9.59 Å². The lowest BCUT2D eigenvalue weighted by atomic mass is 10.3. The van der Waals surface area contributed by atoms with Gasteiger partial charge in [0.25, 0.3) is 0 Å². The number of aromatic nitrogens is 1. The van der Waals surface area contributed by atoms with Crippen LogP contribution in [0, 0.1) is 0 Å². The third-order valence-electron chi connectivity index (χ3n) is 1.66. The number of allylic oxidation sites excluding steroid dienone is 1. The molecule has 0 aliphatic rings. The van der Waals surface area contributed by atoms with E-state index in [-0.39, 0.29) is 12.0 Å². The molecular formula is C11H11NO3. The molecule has 0 aliphatic carbocycles. The maximum atomic E-state index is 11.3. The summed E-state index contributed by atoms with van der Waals surface area (Å²) < 4.78 is 4.57. The number of hydrogen-bond acceptors (Lipinski definition) is 4. The second kappa shape index (κ2) is 5.70. The van der Waals surface area contributed by atoms with Crippen LogP contribution in [0.5, 0.6) is 0 Å². The lowest BCUT2D eigenvalue weighted by molar-refractivity contribution is -0.137. The molecule has 1 aromatic heterocycles. The third-order valence-corrected chi connectivity index (χ3v) is 1.66. The van der Waals surface area contributed by atoms with Crippen LogP contribution in [0.25, 0.3) is 0 Å². The molecule has 78 valence electrons. The molecule has 0 spiro atoms. The van der Waals surface area contributed by atoms with Crippen molar-refractivity contribution in [3.63, 3.8) is 0 Å². The Hall–Kier alpha value is -1.97. The molecule has 0 saturated carbocycles. The van der Waals surface area contributed by atoms with E-state index in [1.165, 1.54) is 18.5 Å². The van der Waals surface area contributed by atoms with Gasteiger partial charge in [0.1, 0.15) is 0 Å². The first-order chi connectivity index (χ1) is 7.24. The lowest BCUT2D eigenvalue weighted by Crippen LogP contribution is -2.12. The van der Waals surface area contributed by atoms with Crippen LogP contribution < -0.4 is 0 Å². The first kappa shape index (κ1) is 11.1. The zero-order valence-corrected chi connectivity index (χ0v) is 8.18. The Balaban J connectivity index is 2.49. The van der Waals surface area contributed by atoms with Crippen molar-refractivity contribution < 1.29 is 14.3 Å². The molecule has 0 radical (unpaired) electrons. The van der Waals surface area contributed by atoms with Gasteiger partial charge in [-0.1, -0.05) is 6.08 Å². The van der Waals surface area contributed by atoms with Gasteiger partial charge in [0.05, 0.1) is 5.56 Å². The molecule has 1 aromatic rings. The minimum absolute atomic E-state index is 0.162. The fourth-order valence-electron chi connectivity index (χ4n) is 0.917. The fraction of sp³-hybridized carbons (Fsp3) is 0.182. The summed E-state index contributed by atoms with van der Waals surface area (Å²) in [7, 11) is 0. The van der Waals surface area contributed by atoms with E-state index in [1.807, 2.05) is 0 Å². The van der Waals surface area contributed by atoms with Crippen molar-refractivity contribution in [2.75, 3.05) is 0 Å². The largest absolute Gasteiger partial charge is 0.389 e. The lowest BCUT2D eigenvalue weighted by Gasteiger charge is -2.00. The van der Waals surface area contributed by atoms with E-state index in [2.05, 4.69) is 16.3 Å². The average molecular weight is 205 g/mol. The van der Waals surface area contributed by atoms with E-state index in [0.29, 0.717) is 6.42 Å². The van der Waals surface area contributed by atoms with Crippen molar-refractivity contribution in [3.05, 3.63) is 42.7 Å². The van der Waals surface area contributed by atoms with Crippen LogP contribution in [0.3, 0.4) is 0 Å². The first-order valence-corrected chi connectivity index (χ1v) is 4.50. The van der Waals surface area contributed by atoms with Crippen LogP contribution in [-0.4, -0.2) is 16.9 Å². The number of pyridine rings is 1. The second-order valence-corrected chi connectivity index (χ2v) is 2.83. The minimum atomic E-state index is -0.669. The Morgan fingerprint density at radius 2 is 2.33 bits per heavy atom. The highest BCUT2D eigenvalue weighted by Gasteiger charge is 2.11. The monoisotopic (exact) mass is 205 g/mol. The van der Waals surface area contributed by atoms with E-state index in [4.69, 9.17) is 0 Å². The number of carbonyl (C=O) groups excluding carboxylic acids is 2. The van der Waals surface area contributed by atoms with Crippen LogP contribution in [0.15, 0.2) is 37.2 Å². The number of ether oxygens (including phenoxy) is 1. The maximum Gasteiger partial charge on any atom is 0.347 e. The van der Waals surface area contributed by atoms with Gasteiger partial charge < -0.3 is 4.74 Å². The van der Waals surface area contributed by atoms with Crippen molar-refractivity contribution >= 4 is 11.9 Å². The van der Waals surface area contributed by atoms with Crippen LogP contribution >= 0.6 is 0 Å². The fourth-order valence-corrected chi connectivity index (χ4v) is 0.917. The summed E-state index contributed by atoms with van der Waals surface area (Å²) in [6.45, 7) is 3.47. The van der Waals surface area contributed by atoms with E-state index in [0.717, 1.165) is 0 Å². The first-order valence-electron chi connectivity index (χ1n) is 4.50. The van der Waals surface area contributed by atoms with Gasteiger partial charge in [-0.2, -0.15) is 0 Å². The molecule has 15 heavy (non-hydrogen) atoms. The van der Waals surface area contributed by atoms with E-state index < -0.39 is 11.9 Å². The molecule has 0 amide bonds. The van der Waals surface area contributed by atoms with Crippen LogP contribution in [0.4, 0.5) is 0 Å². The molecule has 0 aromatic carbocycles. The molecule has 4 nitrogen and oxygen atoms in total. The van der Waals surface area contributed by atoms with Crippen molar-refractivity contribution in [2.45, 2.75) is 12.8 Å². The van der Waals surface area contributed by atoms with Crippen molar-refractivity contribution in [1.29, 1.82) is 0 Å². The van der Waals surface area contributed by atoms with Gasteiger partial charge in [-0.15, -0.1) is 6.58 Å². The summed E-state index contributed by atoms with van der Waals surface area (Å²) in [5, 5.41) is 0. The summed E-state index contributed by atoms with van der Waals surface area (Å²) in [6.07, 6.45) is 5.14. The molecule has 0 fully saturated rings. The molecular weight excluding hydrogens is 194 g/mol. The number of esters is 2. The number of hydrogen-bond donors (Lipinski definition) is 0. The summed E-state index contributed by atoms with van der Waals surface area (Å²) in [6, 6.07) is 3.14. The standard InChI is InChI=1S/C11H11NO3/c1-2-3-6-10(13)15-11(14)9-5-4-7-12-8-9/h2,4-5,7-8H,1,3,6H2. The zero-order chi connectivity index (χ0) is 11.1. The quantitative estimate of drug-likeness (QED) is 0.426. The normalized spacial score (nSPS) is 9.33. The molecule has 0 saturated heterocycles. The van der Waals surface area contributed by atoms with Crippen LogP contribution in [-0.2, 0) is 9.53 Å². The molecule has 0 bridgehead atoms. The Labute approximate surface area is 87.6 Å². The highest BCUT2D eigenvalue weighted by atomic mass is 16.6. The number of rotatable bonds is 4. The highest BCUT2D eigenvalue weighted by Crippen LogP contribution is 2.01. The van der Waals surface area contributed by atoms with E-state index >= 15 is 0 Å². The minimum Gasteiger partial charge on any atom is -0.389 e. The Bertz CT molecular complexity index is 359. The van der Waals surface area contributed by atoms with Crippen molar-refractivity contribution in [2.24, 2.45) is 0 Å². The predicted molar refractivity (Wildman–Crippen MR) is 54.1 cm³/mol. The average Bonchev–Trinajstić information content (AvgIpc) is 2.27. The smallest absolute Gasteiger partial charge is 0.347 e.